The number of aliphatic carboxylic acids is 2. The highest BCUT2D eigenvalue weighted by Crippen LogP contribution is 2.28. The summed E-state index contributed by atoms with van der Waals surface area (Å²) in [5, 5.41) is 27.5. The number of hydrogen-bond acceptors (Lipinski definition) is 8. The van der Waals surface area contributed by atoms with Crippen molar-refractivity contribution in [3.05, 3.63) is 47.4 Å². The molecule has 1 fully saturated rings. The van der Waals surface area contributed by atoms with Crippen LogP contribution < -0.4 is 5.32 Å². The summed E-state index contributed by atoms with van der Waals surface area (Å²) in [6.07, 6.45) is 5.84. The predicted molar refractivity (Wildman–Crippen MR) is 116 cm³/mol. The summed E-state index contributed by atoms with van der Waals surface area (Å²) < 4.78 is 5.88. The Kier molecular flexibility index (Phi) is 9.49. The van der Waals surface area contributed by atoms with E-state index in [2.05, 4.69) is 15.3 Å². The quantitative estimate of drug-likeness (QED) is 0.491. The molecule has 0 saturated carbocycles. The highest BCUT2D eigenvalue weighted by molar-refractivity contribution is 5.84. The maximum absolute atomic E-state index is 12.7. The molecule has 0 atom stereocenters. The van der Waals surface area contributed by atoms with Crippen LogP contribution in [0.4, 0.5) is 0 Å². The number of oxazole rings is 1. The SMILES string of the molecule is CC(=O)O.CC(=O)O.O=C(N1CCc2oc(CCc3cccnc3)nc2C1)C1(CO)CNC1. The topological polar surface area (TPSA) is 166 Å². The normalized spacial score (nSPS) is 15.5. The number of aromatic nitrogens is 2. The van der Waals surface area contributed by atoms with Crippen molar-refractivity contribution in [3.8, 4) is 0 Å². The Morgan fingerprint density at radius 3 is 2.36 bits per heavy atom. The molecule has 180 valence electrons. The van der Waals surface area contributed by atoms with Crippen molar-refractivity contribution in [2.45, 2.75) is 39.7 Å². The molecule has 2 aliphatic heterocycles. The summed E-state index contributed by atoms with van der Waals surface area (Å²) in [5.74, 6) is -0.0559. The maximum Gasteiger partial charge on any atom is 0.300 e. The predicted octanol–water partition coefficient (Wildman–Crippen LogP) is 0.503. The van der Waals surface area contributed by atoms with E-state index in [-0.39, 0.29) is 12.5 Å². The highest BCUT2D eigenvalue weighted by atomic mass is 16.4. The fourth-order valence-electron chi connectivity index (χ4n) is 3.42. The number of amides is 1. The first-order chi connectivity index (χ1) is 15.7. The number of pyridine rings is 1. The van der Waals surface area contributed by atoms with Gasteiger partial charge in [0.05, 0.1) is 18.6 Å². The van der Waals surface area contributed by atoms with Crippen LogP contribution in [0.15, 0.2) is 28.9 Å². The minimum atomic E-state index is -0.833. The van der Waals surface area contributed by atoms with Crippen LogP contribution >= 0.6 is 0 Å². The van der Waals surface area contributed by atoms with Crippen LogP contribution in [0.1, 0.15) is 36.8 Å². The van der Waals surface area contributed by atoms with E-state index >= 15 is 0 Å². The Labute approximate surface area is 191 Å². The number of carbonyl (C=O) groups excluding carboxylic acids is 1. The number of nitrogens with one attached hydrogen (secondary N) is 1. The van der Waals surface area contributed by atoms with Crippen molar-refractivity contribution < 1.29 is 34.1 Å². The van der Waals surface area contributed by atoms with Gasteiger partial charge in [0.2, 0.25) is 5.91 Å². The lowest BCUT2D eigenvalue weighted by atomic mass is 9.81. The Morgan fingerprint density at radius 1 is 1.18 bits per heavy atom. The average Bonchev–Trinajstić information content (AvgIpc) is 3.14. The van der Waals surface area contributed by atoms with Crippen LogP contribution in [0, 0.1) is 5.41 Å². The molecule has 33 heavy (non-hydrogen) atoms. The molecule has 0 aromatic carbocycles. The molecule has 2 aliphatic rings. The van der Waals surface area contributed by atoms with Crippen LogP contribution in [0.5, 0.6) is 0 Å². The number of nitrogens with zero attached hydrogens (tertiary/aromatic N) is 3. The van der Waals surface area contributed by atoms with E-state index in [1.165, 1.54) is 0 Å². The van der Waals surface area contributed by atoms with Gasteiger partial charge in [-0.15, -0.1) is 0 Å². The molecule has 1 amide bonds. The first kappa shape index (κ1) is 25.9. The second-order valence-electron chi connectivity index (χ2n) is 7.90. The van der Waals surface area contributed by atoms with Crippen molar-refractivity contribution in [1.29, 1.82) is 0 Å². The van der Waals surface area contributed by atoms with Crippen molar-refractivity contribution in [3.63, 3.8) is 0 Å². The molecule has 11 nitrogen and oxygen atoms in total. The summed E-state index contributed by atoms with van der Waals surface area (Å²) >= 11 is 0. The third kappa shape index (κ3) is 7.65. The van der Waals surface area contributed by atoms with Gasteiger partial charge in [-0.25, -0.2) is 4.98 Å². The number of aryl methyl sites for hydroxylation is 2. The zero-order chi connectivity index (χ0) is 24.4. The zero-order valence-electron chi connectivity index (χ0n) is 18.8. The van der Waals surface area contributed by atoms with Gasteiger partial charge in [-0.2, -0.15) is 0 Å². The molecule has 4 rings (SSSR count). The molecule has 0 spiro atoms. The molecule has 2 aromatic heterocycles. The number of aliphatic hydroxyl groups excluding tert-OH is 1. The molecular formula is C22H30N4O7. The first-order valence-electron chi connectivity index (χ1n) is 10.5. The Morgan fingerprint density at radius 2 is 1.85 bits per heavy atom. The van der Waals surface area contributed by atoms with Gasteiger partial charge in [0.1, 0.15) is 11.5 Å². The second-order valence-corrected chi connectivity index (χ2v) is 7.90. The average molecular weight is 463 g/mol. The van der Waals surface area contributed by atoms with Gasteiger partial charge in [0.15, 0.2) is 5.89 Å². The number of carbonyl (C=O) groups is 3. The summed E-state index contributed by atoms with van der Waals surface area (Å²) in [4.78, 5) is 41.2. The van der Waals surface area contributed by atoms with Gasteiger partial charge in [0, 0.05) is 58.7 Å². The fraction of sp³-hybridized carbons (Fsp3) is 0.500. The van der Waals surface area contributed by atoms with Crippen LogP contribution in [-0.2, 0) is 40.2 Å². The first-order valence-corrected chi connectivity index (χ1v) is 10.5. The monoisotopic (exact) mass is 462 g/mol. The molecule has 0 aliphatic carbocycles. The van der Waals surface area contributed by atoms with E-state index in [0.717, 1.165) is 43.7 Å². The number of carboxylic acids is 2. The van der Waals surface area contributed by atoms with Crippen LogP contribution in [0.3, 0.4) is 0 Å². The lowest BCUT2D eigenvalue weighted by Crippen LogP contribution is -2.64. The van der Waals surface area contributed by atoms with E-state index in [1.807, 2.05) is 18.3 Å². The van der Waals surface area contributed by atoms with E-state index < -0.39 is 17.4 Å². The fourth-order valence-corrected chi connectivity index (χ4v) is 3.42. The molecule has 1 saturated heterocycles. The molecule has 2 aromatic rings. The van der Waals surface area contributed by atoms with Crippen molar-refractivity contribution in [1.82, 2.24) is 20.2 Å². The van der Waals surface area contributed by atoms with Gasteiger partial charge >= 0.3 is 0 Å². The van der Waals surface area contributed by atoms with Crippen LogP contribution in [0.25, 0.3) is 0 Å². The van der Waals surface area contributed by atoms with Crippen LogP contribution in [-0.4, -0.2) is 74.3 Å². The van der Waals surface area contributed by atoms with Gasteiger partial charge in [-0.1, -0.05) is 6.07 Å². The minimum Gasteiger partial charge on any atom is -0.481 e. The second kappa shape index (κ2) is 12.1. The van der Waals surface area contributed by atoms with Gasteiger partial charge in [0.25, 0.3) is 11.9 Å². The molecule has 11 heteroatoms. The third-order valence-electron chi connectivity index (χ3n) is 5.09. The Hall–Kier alpha value is -3.31. The van der Waals surface area contributed by atoms with E-state index in [1.54, 1.807) is 11.1 Å². The van der Waals surface area contributed by atoms with Gasteiger partial charge < -0.3 is 30.0 Å². The summed E-state index contributed by atoms with van der Waals surface area (Å²) in [6, 6.07) is 3.96. The zero-order valence-corrected chi connectivity index (χ0v) is 18.8. The number of rotatable bonds is 5. The number of carboxylic acid groups (broad SMARTS) is 2. The van der Waals surface area contributed by atoms with Gasteiger partial charge in [-0.3, -0.25) is 19.4 Å². The van der Waals surface area contributed by atoms with Crippen molar-refractivity contribution in [2.75, 3.05) is 26.2 Å². The van der Waals surface area contributed by atoms with Crippen molar-refractivity contribution >= 4 is 17.8 Å². The lowest BCUT2D eigenvalue weighted by molar-refractivity contribution is -0.149. The largest absolute Gasteiger partial charge is 0.481 e. The Bertz CT molecular complexity index is 916. The highest BCUT2D eigenvalue weighted by Gasteiger charge is 2.46. The Balaban J connectivity index is 0.000000420. The maximum atomic E-state index is 12.7. The third-order valence-corrected chi connectivity index (χ3v) is 5.09. The van der Waals surface area contributed by atoms with Crippen LogP contribution in [0.2, 0.25) is 0 Å². The molecule has 0 radical (unpaired) electrons. The summed E-state index contributed by atoms with van der Waals surface area (Å²) in [5.41, 5.74) is 1.35. The number of hydrogen-bond donors (Lipinski definition) is 4. The molecule has 0 bridgehead atoms. The summed E-state index contributed by atoms with van der Waals surface area (Å²) in [7, 11) is 0. The minimum absolute atomic E-state index is 0.0132. The molecule has 4 N–H and O–H groups in total. The standard InChI is InChI=1S/C18H22N4O3.2C2H4O2/c23-12-18(10-20-11-18)17(24)22-7-5-15-14(9-22)21-16(25-15)4-3-13-2-1-6-19-8-13;2*1-2(3)4/h1-2,6,8,20,23H,3-5,7,9-12H2;2*1H3,(H,3,4). The van der Waals surface area contributed by atoms with Crippen molar-refractivity contribution in [2.24, 2.45) is 5.41 Å². The smallest absolute Gasteiger partial charge is 0.300 e. The van der Waals surface area contributed by atoms with E-state index in [9.17, 15) is 9.90 Å². The molecule has 0 unspecified atom stereocenters. The molecular weight excluding hydrogens is 432 g/mol. The number of fused-ring (bicyclic) bond motifs is 1. The van der Waals surface area contributed by atoms with Gasteiger partial charge in [-0.05, 0) is 18.1 Å². The molecule has 4 heterocycles. The van der Waals surface area contributed by atoms with E-state index in [4.69, 9.17) is 24.2 Å². The van der Waals surface area contributed by atoms with E-state index in [0.29, 0.717) is 38.5 Å². The number of aliphatic hydroxyl groups is 1. The summed E-state index contributed by atoms with van der Waals surface area (Å²) in [6.45, 7) is 4.22. The lowest BCUT2D eigenvalue weighted by Gasteiger charge is -2.43.